The van der Waals surface area contributed by atoms with Gasteiger partial charge in [-0.1, -0.05) is 29.8 Å². The summed E-state index contributed by atoms with van der Waals surface area (Å²) in [5.41, 5.74) is 0.918. The molecule has 1 saturated carbocycles. The lowest BCUT2D eigenvalue weighted by atomic mass is 9.81. The molecular weight excluding hydrogens is 340 g/mol. The molecule has 0 atom stereocenters. The van der Waals surface area contributed by atoms with Gasteiger partial charge in [0.05, 0.1) is 0 Å². The highest BCUT2D eigenvalue weighted by Gasteiger charge is 2.29. The molecule has 0 saturated heterocycles. The fraction of sp³-hybridized carbons (Fsp3) is 0.579. The zero-order chi connectivity index (χ0) is 18.1. The van der Waals surface area contributed by atoms with Crippen LogP contribution in [0, 0.1) is 11.8 Å². The Morgan fingerprint density at radius 1 is 1.08 bits per heavy atom. The molecule has 1 aliphatic carbocycles. The van der Waals surface area contributed by atoms with Crippen LogP contribution in [0.25, 0.3) is 0 Å². The van der Waals surface area contributed by atoms with Crippen LogP contribution in [0.4, 0.5) is 0 Å². The van der Waals surface area contributed by atoms with Crippen molar-refractivity contribution in [3.63, 3.8) is 0 Å². The van der Waals surface area contributed by atoms with E-state index >= 15 is 0 Å². The molecule has 5 nitrogen and oxygen atoms in total. The maximum Gasteiger partial charge on any atom is 0.223 e. The van der Waals surface area contributed by atoms with Gasteiger partial charge in [-0.2, -0.15) is 0 Å². The van der Waals surface area contributed by atoms with Crippen LogP contribution < -0.4 is 10.6 Å². The fourth-order valence-electron chi connectivity index (χ4n) is 3.16. The smallest absolute Gasteiger partial charge is 0.223 e. The Morgan fingerprint density at radius 3 is 2.28 bits per heavy atom. The quantitative estimate of drug-likeness (QED) is 0.695. The first kappa shape index (κ1) is 19.7. The van der Waals surface area contributed by atoms with Crippen LogP contribution >= 0.6 is 11.6 Å². The van der Waals surface area contributed by atoms with Gasteiger partial charge < -0.3 is 15.4 Å². The summed E-state index contributed by atoms with van der Waals surface area (Å²) in [6.07, 6.45) is 3.86. The summed E-state index contributed by atoms with van der Waals surface area (Å²) in [5.74, 6) is 0.167. The summed E-state index contributed by atoms with van der Waals surface area (Å²) in [6.45, 7) is 1.74. The summed E-state index contributed by atoms with van der Waals surface area (Å²) in [4.78, 5) is 24.5. The van der Waals surface area contributed by atoms with E-state index < -0.39 is 0 Å². The largest absolute Gasteiger partial charge is 0.385 e. The van der Waals surface area contributed by atoms with Crippen molar-refractivity contribution in [1.82, 2.24) is 10.6 Å². The molecular formula is C19H27ClN2O3. The minimum atomic E-state index is -0.0139. The zero-order valence-electron chi connectivity index (χ0n) is 14.7. The highest BCUT2D eigenvalue weighted by atomic mass is 35.5. The summed E-state index contributed by atoms with van der Waals surface area (Å²) in [5, 5.41) is 6.58. The number of benzene rings is 1. The van der Waals surface area contributed by atoms with Crippen molar-refractivity contribution in [2.24, 2.45) is 11.8 Å². The number of rotatable bonds is 8. The first-order chi connectivity index (χ1) is 12.1. The summed E-state index contributed by atoms with van der Waals surface area (Å²) >= 11 is 6.11. The Balaban J connectivity index is 1.69. The second kappa shape index (κ2) is 10.4. The first-order valence-electron chi connectivity index (χ1n) is 8.89. The Bertz CT molecular complexity index is 572. The molecule has 0 aromatic heterocycles. The van der Waals surface area contributed by atoms with E-state index in [-0.39, 0.29) is 23.7 Å². The van der Waals surface area contributed by atoms with Crippen LogP contribution in [-0.2, 0) is 20.9 Å². The van der Waals surface area contributed by atoms with E-state index in [0.29, 0.717) is 24.7 Å². The van der Waals surface area contributed by atoms with Crippen molar-refractivity contribution in [1.29, 1.82) is 0 Å². The number of hydrogen-bond donors (Lipinski definition) is 2. The number of halogens is 1. The van der Waals surface area contributed by atoms with Crippen molar-refractivity contribution in [2.75, 3.05) is 20.3 Å². The number of carbonyl (C=O) groups is 2. The standard InChI is InChI=1S/C19H27ClN2O3/c1-25-12-4-11-21-18(23)14-7-9-15(10-8-14)19(24)22-13-16-5-2-3-6-17(16)20/h2-3,5-6,14-15H,4,7-13H2,1H3,(H,21,23)(H,22,24). The van der Waals surface area contributed by atoms with Gasteiger partial charge in [0, 0.05) is 43.7 Å². The lowest BCUT2D eigenvalue weighted by Gasteiger charge is -2.27. The van der Waals surface area contributed by atoms with Crippen LogP contribution in [-0.4, -0.2) is 32.1 Å². The zero-order valence-corrected chi connectivity index (χ0v) is 15.5. The van der Waals surface area contributed by atoms with Gasteiger partial charge in [-0.15, -0.1) is 0 Å². The van der Waals surface area contributed by atoms with E-state index in [2.05, 4.69) is 10.6 Å². The molecule has 1 aromatic rings. The van der Waals surface area contributed by atoms with Crippen molar-refractivity contribution < 1.29 is 14.3 Å². The molecule has 6 heteroatoms. The number of methoxy groups -OCH3 is 1. The molecule has 0 spiro atoms. The predicted octanol–water partition coefficient (Wildman–Crippen LogP) is 2.92. The van der Waals surface area contributed by atoms with E-state index in [9.17, 15) is 9.59 Å². The van der Waals surface area contributed by atoms with Gasteiger partial charge in [0.25, 0.3) is 0 Å². The molecule has 1 aliphatic rings. The van der Waals surface area contributed by atoms with Gasteiger partial charge in [-0.05, 0) is 43.7 Å². The Labute approximate surface area is 154 Å². The number of carbonyl (C=O) groups excluding carboxylic acids is 2. The van der Waals surface area contributed by atoms with Crippen molar-refractivity contribution in [3.8, 4) is 0 Å². The number of ether oxygens (including phenoxy) is 1. The third kappa shape index (κ3) is 6.33. The van der Waals surface area contributed by atoms with Gasteiger partial charge >= 0.3 is 0 Å². The molecule has 2 N–H and O–H groups in total. The van der Waals surface area contributed by atoms with E-state index in [0.717, 1.165) is 37.7 Å². The minimum Gasteiger partial charge on any atom is -0.385 e. The van der Waals surface area contributed by atoms with Crippen LogP contribution in [0.2, 0.25) is 5.02 Å². The van der Waals surface area contributed by atoms with Crippen molar-refractivity contribution >= 4 is 23.4 Å². The first-order valence-corrected chi connectivity index (χ1v) is 9.27. The Kier molecular flexibility index (Phi) is 8.22. The third-order valence-electron chi connectivity index (χ3n) is 4.70. The minimum absolute atomic E-state index is 0.0139. The summed E-state index contributed by atoms with van der Waals surface area (Å²) < 4.78 is 4.97. The summed E-state index contributed by atoms with van der Waals surface area (Å²) in [6, 6.07) is 7.51. The lowest BCUT2D eigenvalue weighted by molar-refractivity contribution is -0.130. The lowest BCUT2D eigenvalue weighted by Crippen LogP contribution is -2.37. The average molecular weight is 367 g/mol. The highest BCUT2D eigenvalue weighted by molar-refractivity contribution is 6.31. The molecule has 1 aromatic carbocycles. The van der Waals surface area contributed by atoms with E-state index in [1.54, 1.807) is 7.11 Å². The van der Waals surface area contributed by atoms with Crippen LogP contribution in [0.1, 0.15) is 37.7 Å². The second-order valence-corrected chi connectivity index (χ2v) is 6.90. The third-order valence-corrected chi connectivity index (χ3v) is 5.07. The van der Waals surface area contributed by atoms with Gasteiger partial charge in [-0.3, -0.25) is 9.59 Å². The number of nitrogens with one attached hydrogen (secondary N) is 2. The van der Waals surface area contributed by atoms with Gasteiger partial charge in [-0.25, -0.2) is 0 Å². The molecule has 0 bridgehead atoms. The average Bonchev–Trinajstić information content (AvgIpc) is 2.64. The van der Waals surface area contributed by atoms with Crippen LogP contribution in [0.15, 0.2) is 24.3 Å². The molecule has 2 rings (SSSR count). The van der Waals surface area contributed by atoms with Gasteiger partial charge in [0.15, 0.2) is 0 Å². The highest BCUT2D eigenvalue weighted by Crippen LogP contribution is 2.29. The fourth-order valence-corrected chi connectivity index (χ4v) is 3.36. The molecule has 138 valence electrons. The molecule has 25 heavy (non-hydrogen) atoms. The monoisotopic (exact) mass is 366 g/mol. The molecule has 0 radical (unpaired) electrons. The molecule has 0 heterocycles. The van der Waals surface area contributed by atoms with Crippen LogP contribution in [0.3, 0.4) is 0 Å². The van der Waals surface area contributed by atoms with Crippen molar-refractivity contribution in [2.45, 2.75) is 38.6 Å². The van der Waals surface area contributed by atoms with Gasteiger partial charge in [0.2, 0.25) is 11.8 Å². The Hall–Kier alpha value is -1.59. The number of hydrogen-bond acceptors (Lipinski definition) is 3. The number of amides is 2. The van der Waals surface area contributed by atoms with Gasteiger partial charge in [0.1, 0.15) is 0 Å². The van der Waals surface area contributed by atoms with E-state index in [4.69, 9.17) is 16.3 Å². The second-order valence-electron chi connectivity index (χ2n) is 6.50. The maximum absolute atomic E-state index is 12.3. The van der Waals surface area contributed by atoms with E-state index in [1.165, 1.54) is 0 Å². The Morgan fingerprint density at radius 2 is 1.68 bits per heavy atom. The van der Waals surface area contributed by atoms with Crippen molar-refractivity contribution in [3.05, 3.63) is 34.9 Å². The summed E-state index contributed by atoms with van der Waals surface area (Å²) in [7, 11) is 1.65. The normalized spacial score (nSPS) is 20.1. The molecule has 0 unspecified atom stereocenters. The van der Waals surface area contributed by atoms with Crippen LogP contribution in [0.5, 0.6) is 0 Å². The predicted molar refractivity (Wildman–Crippen MR) is 98.2 cm³/mol. The van der Waals surface area contributed by atoms with E-state index in [1.807, 2.05) is 24.3 Å². The topological polar surface area (TPSA) is 67.4 Å². The molecule has 0 aliphatic heterocycles. The molecule has 2 amide bonds. The maximum atomic E-state index is 12.3. The SMILES string of the molecule is COCCCNC(=O)C1CCC(C(=O)NCc2ccccc2Cl)CC1. The molecule has 1 fully saturated rings.